The van der Waals surface area contributed by atoms with Crippen LogP contribution in [0.2, 0.25) is 0 Å². The van der Waals surface area contributed by atoms with E-state index in [4.69, 9.17) is 0 Å². The summed E-state index contributed by atoms with van der Waals surface area (Å²) in [6.45, 7) is 4.13. The summed E-state index contributed by atoms with van der Waals surface area (Å²) in [6, 6.07) is 7.76. The summed E-state index contributed by atoms with van der Waals surface area (Å²) in [5.41, 5.74) is -0.610. The molecule has 1 aromatic carbocycles. The Bertz CT molecular complexity index is 559. The lowest BCUT2D eigenvalue weighted by Gasteiger charge is -2.39. The van der Waals surface area contributed by atoms with Crippen molar-refractivity contribution in [1.82, 2.24) is 4.90 Å². The number of hydrogen-bond acceptors (Lipinski definition) is 2. The molecule has 0 saturated carbocycles. The first-order valence-corrected chi connectivity index (χ1v) is 8.25. The molecule has 1 aliphatic rings. The number of alkyl halides is 3. The van der Waals surface area contributed by atoms with E-state index in [0.717, 1.165) is 12.0 Å². The molecule has 1 aromatic rings. The molecule has 1 amide bonds. The Kier molecular flexibility index (Phi) is 5.58. The number of benzene rings is 1. The molecule has 1 aliphatic heterocycles. The van der Waals surface area contributed by atoms with Gasteiger partial charge in [0.25, 0.3) is 0 Å². The van der Waals surface area contributed by atoms with E-state index in [1.807, 2.05) is 24.3 Å². The summed E-state index contributed by atoms with van der Waals surface area (Å²) in [5, 5.41) is 9.64. The highest BCUT2D eigenvalue weighted by Crippen LogP contribution is 2.38. The van der Waals surface area contributed by atoms with Crippen LogP contribution in [-0.4, -0.2) is 40.8 Å². The number of nitrogens with zero attached hydrogens (tertiary/aromatic N) is 1. The summed E-state index contributed by atoms with van der Waals surface area (Å²) < 4.78 is 38.3. The number of amides is 1. The fourth-order valence-electron chi connectivity index (χ4n) is 2.96. The Labute approximate surface area is 140 Å². The molecule has 0 aliphatic carbocycles. The second-order valence-electron chi connectivity index (χ2n) is 7.00. The van der Waals surface area contributed by atoms with Crippen LogP contribution in [0.5, 0.6) is 0 Å². The summed E-state index contributed by atoms with van der Waals surface area (Å²) in [4.78, 5) is 13.7. The van der Waals surface area contributed by atoms with Crippen LogP contribution < -0.4 is 0 Å². The molecule has 0 spiro atoms. The van der Waals surface area contributed by atoms with Gasteiger partial charge in [-0.1, -0.05) is 38.1 Å². The van der Waals surface area contributed by atoms with E-state index < -0.39 is 24.6 Å². The molecule has 0 aromatic heterocycles. The van der Waals surface area contributed by atoms with Crippen LogP contribution in [0.15, 0.2) is 24.3 Å². The first-order chi connectivity index (χ1) is 11.1. The number of aliphatic hydroxyl groups is 1. The number of rotatable bonds is 4. The van der Waals surface area contributed by atoms with E-state index in [9.17, 15) is 23.1 Å². The van der Waals surface area contributed by atoms with Crippen LogP contribution in [0, 0.1) is 5.92 Å². The maximum Gasteiger partial charge on any atom is 0.417 e. The van der Waals surface area contributed by atoms with E-state index in [1.54, 1.807) is 0 Å². The first-order valence-electron chi connectivity index (χ1n) is 8.25. The normalized spacial score (nSPS) is 18.0. The number of piperidine rings is 1. The van der Waals surface area contributed by atoms with E-state index in [2.05, 4.69) is 13.8 Å². The zero-order chi connectivity index (χ0) is 18.0. The van der Waals surface area contributed by atoms with Crippen molar-refractivity contribution >= 4 is 5.91 Å². The number of hydrogen-bond donors (Lipinski definition) is 1. The fourth-order valence-corrected chi connectivity index (χ4v) is 2.96. The Morgan fingerprint density at radius 1 is 1.17 bits per heavy atom. The molecule has 24 heavy (non-hydrogen) atoms. The van der Waals surface area contributed by atoms with Crippen molar-refractivity contribution in [2.24, 2.45) is 5.92 Å². The average Bonchev–Trinajstić information content (AvgIpc) is 2.48. The molecule has 1 N–H and O–H groups in total. The Hall–Kier alpha value is -1.56. The van der Waals surface area contributed by atoms with Gasteiger partial charge < -0.3 is 10.0 Å². The van der Waals surface area contributed by atoms with Gasteiger partial charge in [0.2, 0.25) is 5.91 Å². The molecule has 134 valence electrons. The van der Waals surface area contributed by atoms with Gasteiger partial charge in [-0.15, -0.1) is 0 Å². The van der Waals surface area contributed by atoms with Crippen molar-refractivity contribution in [3.8, 4) is 0 Å². The fraction of sp³-hybridized carbons (Fsp3) is 0.611. The highest BCUT2D eigenvalue weighted by Gasteiger charge is 2.54. The molecule has 2 rings (SSSR count). The number of carbonyl (C=O) groups excluding carboxylic acids is 1. The molecule has 1 saturated heterocycles. The molecular weight excluding hydrogens is 319 g/mol. The quantitative estimate of drug-likeness (QED) is 0.911. The molecule has 0 radical (unpaired) electrons. The molecule has 3 nitrogen and oxygen atoms in total. The predicted molar refractivity (Wildman–Crippen MR) is 85.5 cm³/mol. The molecule has 0 unspecified atom stereocenters. The average molecular weight is 343 g/mol. The largest absolute Gasteiger partial charge is 0.417 e. The Morgan fingerprint density at radius 2 is 1.67 bits per heavy atom. The van der Waals surface area contributed by atoms with Crippen LogP contribution in [0.1, 0.15) is 37.8 Å². The summed E-state index contributed by atoms with van der Waals surface area (Å²) >= 11 is 0. The first kappa shape index (κ1) is 18.8. The van der Waals surface area contributed by atoms with Crippen molar-refractivity contribution < 1.29 is 23.1 Å². The maximum absolute atomic E-state index is 12.8. The van der Waals surface area contributed by atoms with Crippen molar-refractivity contribution in [3.63, 3.8) is 0 Å². The van der Waals surface area contributed by atoms with Crippen molar-refractivity contribution in [1.29, 1.82) is 0 Å². The summed E-state index contributed by atoms with van der Waals surface area (Å²) in [7, 11) is 0. The van der Waals surface area contributed by atoms with Crippen molar-refractivity contribution in [2.75, 3.05) is 13.1 Å². The van der Waals surface area contributed by atoms with Gasteiger partial charge >= 0.3 is 6.18 Å². The van der Waals surface area contributed by atoms with E-state index in [-0.39, 0.29) is 25.4 Å². The zero-order valence-electron chi connectivity index (χ0n) is 14.1. The van der Waals surface area contributed by atoms with Gasteiger partial charge in [0, 0.05) is 25.9 Å². The van der Waals surface area contributed by atoms with Gasteiger partial charge in [-0.05, 0) is 23.5 Å². The summed E-state index contributed by atoms with van der Waals surface area (Å²) in [5.74, 6) is 0.356. The third-order valence-electron chi connectivity index (χ3n) is 4.49. The number of likely N-dealkylation sites (tertiary alicyclic amines) is 1. The van der Waals surface area contributed by atoms with Gasteiger partial charge in [-0.3, -0.25) is 4.79 Å². The third-order valence-corrected chi connectivity index (χ3v) is 4.49. The standard InChI is InChI=1S/C18H24F3NO2/c1-13(2)11-14-3-5-15(6-4-14)12-16(23)22-9-7-17(24,8-10-22)18(19,20)21/h3-6,13,24H,7-12H2,1-2H3. The van der Waals surface area contributed by atoms with Crippen LogP contribution in [-0.2, 0) is 17.6 Å². The van der Waals surface area contributed by atoms with E-state index >= 15 is 0 Å². The van der Waals surface area contributed by atoms with Gasteiger partial charge in [0.1, 0.15) is 0 Å². The highest BCUT2D eigenvalue weighted by molar-refractivity contribution is 5.78. The minimum Gasteiger partial charge on any atom is -0.380 e. The number of halogens is 3. The lowest BCUT2D eigenvalue weighted by atomic mass is 9.90. The molecule has 0 atom stereocenters. The van der Waals surface area contributed by atoms with Gasteiger partial charge in [-0.2, -0.15) is 13.2 Å². The van der Waals surface area contributed by atoms with Crippen molar-refractivity contribution in [2.45, 2.75) is 51.3 Å². The third kappa shape index (κ3) is 4.50. The van der Waals surface area contributed by atoms with E-state index in [0.29, 0.717) is 5.92 Å². The van der Waals surface area contributed by atoms with Crippen LogP contribution in [0.25, 0.3) is 0 Å². The zero-order valence-corrected chi connectivity index (χ0v) is 14.1. The molecule has 6 heteroatoms. The second-order valence-corrected chi connectivity index (χ2v) is 7.00. The second kappa shape index (κ2) is 7.13. The summed E-state index contributed by atoms with van der Waals surface area (Å²) in [6.07, 6.45) is -4.43. The molecule has 1 heterocycles. The van der Waals surface area contributed by atoms with Gasteiger partial charge in [-0.25, -0.2) is 0 Å². The highest BCUT2D eigenvalue weighted by atomic mass is 19.4. The molecular formula is C18H24F3NO2. The lowest BCUT2D eigenvalue weighted by Crippen LogP contribution is -2.54. The predicted octanol–water partition coefficient (Wildman–Crippen LogP) is 3.34. The minimum absolute atomic E-state index is 0.0692. The van der Waals surface area contributed by atoms with Crippen LogP contribution in [0.4, 0.5) is 13.2 Å². The smallest absolute Gasteiger partial charge is 0.380 e. The van der Waals surface area contributed by atoms with Gasteiger partial charge in [0.05, 0.1) is 6.42 Å². The maximum atomic E-state index is 12.8. The monoisotopic (exact) mass is 343 g/mol. The van der Waals surface area contributed by atoms with E-state index in [1.165, 1.54) is 10.5 Å². The van der Waals surface area contributed by atoms with Crippen molar-refractivity contribution in [3.05, 3.63) is 35.4 Å². The SMILES string of the molecule is CC(C)Cc1ccc(CC(=O)N2CCC(O)(C(F)(F)F)CC2)cc1. The molecule has 1 fully saturated rings. The minimum atomic E-state index is -4.64. The molecule has 0 bridgehead atoms. The van der Waals surface area contributed by atoms with Crippen LogP contribution in [0.3, 0.4) is 0 Å². The number of carbonyl (C=O) groups is 1. The topological polar surface area (TPSA) is 40.5 Å². The Balaban J connectivity index is 1.90. The Morgan fingerprint density at radius 3 is 2.12 bits per heavy atom. The lowest BCUT2D eigenvalue weighted by molar-refractivity contribution is -0.272. The van der Waals surface area contributed by atoms with Gasteiger partial charge in [0.15, 0.2) is 5.60 Å². The van der Waals surface area contributed by atoms with Crippen LogP contribution >= 0.6 is 0 Å².